The third-order valence-corrected chi connectivity index (χ3v) is 5.45. The molecule has 1 fully saturated rings. The monoisotopic (exact) mass is 430 g/mol. The minimum Gasteiger partial charge on any atom is -0.504 e. The van der Waals surface area contributed by atoms with E-state index < -0.39 is 12.0 Å². The Bertz CT molecular complexity index is 1150. The largest absolute Gasteiger partial charge is 0.504 e. The zero-order chi connectivity index (χ0) is 22.3. The molecule has 0 saturated carbocycles. The highest BCUT2D eigenvalue weighted by Gasteiger charge is 2.35. The number of hydrogen-bond acceptors (Lipinski definition) is 4. The van der Waals surface area contributed by atoms with E-state index in [4.69, 9.17) is 9.52 Å². The van der Waals surface area contributed by atoms with E-state index >= 15 is 0 Å². The Balaban J connectivity index is 1.57. The summed E-state index contributed by atoms with van der Waals surface area (Å²) in [5, 5.41) is 19.9. The number of halogens is 2. The van der Waals surface area contributed by atoms with Gasteiger partial charge in [-0.05, 0) is 35.4 Å². The Hall–Kier alpha value is -3.62. The van der Waals surface area contributed by atoms with E-state index in [1.165, 1.54) is 24.1 Å². The van der Waals surface area contributed by atoms with Crippen molar-refractivity contribution in [3.63, 3.8) is 0 Å². The topological polar surface area (TPSA) is 94.2 Å². The predicted molar refractivity (Wildman–Crippen MR) is 110 cm³/mol. The summed E-state index contributed by atoms with van der Waals surface area (Å²) >= 11 is 0. The van der Waals surface area contributed by atoms with Gasteiger partial charge in [0.2, 0.25) is 5.88 Å². The van der Waals surface area contributed by atoms with Crippen molar-refractivity contribution < 1.29 is 33.0 Å². The molecule has 1 aliphatic rings. The summed E-state index contributed by atoms with van der Waals surface area (Å²) in [5.41, 5.74) is 1.92. The number of phenolic OH excluding ortho intramolecular Hbond substituents is 1. The van der Waals surface area contributed by atoms with Crippen LogP contribution in [0.2, 0.25) is 0 Å². The summed E-state index contributed by atoms with van der Waals surface area (Å²) in [6.45, 7) is 0.0392. The molecule has 2 N–H and O–H groups in total. The molecule has 4 rings (SSSR count). The van der Waals surface area contributed by atoms with Gasteiger partial charge in [-0.25, -0.2) is 13.6 Å². The van der Waals surface area contributed by atoms with E-state index in [0.717, 1.165) is 4.90 Å². The van der Waals surface area contributed by atoms with Gasteiger partial charge in [0.15, 0.2) is 11.3 Å². The molecule has 1 saturated heterocycles. The van der Waals surface area contributed by atoms with E-state index in [1.54, 1.807) is 30.3 Å². The van der Waals surface area contributed by atoms with Gasteiger partial charge >= 0.3 is 6.09 Å². The summed E-state index contributed by atoms with van der Waals surface area (Å²) in [7, 11) is 1.33. The average molecular weight is 430 g/mol. The molecule has 9 heteroatoms. The number of phenols is 1. The third kappa shape index (κ3) is 4.03. The lowest BCUT2D eigenvalue weighted by atomic mass is 10.0. The average Bonchev–Trinajstić information content (AvgIpc) is 3.17. The molecule has 2 aromatic carbocycles. The number of piperidine rings is 1. The van der Waals surface area contributed by atoms with Crippen LogP contribution in [-0.4, -0.2) is 53.2 Å². The molecule has 2 heterocycles. The number of carbonyl (C=O) groups excluding carboxylic acids is 1. The normalized spacial score (nSPS) is 15.8. The van der Waals surface area contributed by atoms with Crippen LogP contribution >= 0.6 is 0 Å². The van der Waals surface area contributed by atoms with Crippen LogP contribution in [0.3, 0.4) is 0 Å². The highest BCUT2D eigenvalue weighted by atomic mass is 19.3. The quantitative estimate of drug-likeness (QED) is 0.623. The Morgan fingerprint density at radius 1 is 1.06 bits per heavy atom. The highest BCUT2D eigenvalue weighted by Crippen LogP contribution is 2.36. The summed E-state index contributed by atoms with van der Waals surface area (Å²) in [4.78, 5) is 26.0. The van der Waals surface area contributed by atoms with Crippen molar-refractivity contribution in [2.45, 2.75) is 18.8 Å². The fourth-order valence-corrected chi connectivity index (χ4v) is 3.57. The molecule has 0 unspecified atom stereocenters. The SMILES string of the molecule is CN(C(=O)O)c1cc2cc(-c3ccc(C(=O)N4CCC(F)(F)CC4)cc3)cc(O)c2o1. The van der Waals surface area contributed by atoms with E-state index in [1.807, 2.05) is 0 Å². The number of carboxylic acid groups (broad SMARTS) is 1. The number of aromatic hydroxyl groups is 1. The first-order chi connectivity index (χ1) is 14.6. The molecule has 162 valence electrons. The smallest absolute Gasteiger partial charge is 0.413 e. The number of likely N-dealkylation sites (tertiary alicyclic amines) is 1. The number of anilines is 1. The van der Waals surface area contributed by atoms with Crippen molar-refractivity contribution in [3.05, 3.63) is 48.0 Å². The molecular formula is C22H20F2N2O5. The maximum absolute atomic E-state index is 13.3. The molecule has 3 aromatic rings. The van der Waals surface area contributed by atoms with Crippen LogP contribution in [0.4, 0.5) is 19.5 Å². The van der Waals surface area contributed by atoms with Gasteiger partial charge in [0.05, 0.1) is 0 Å². The molecular weight excluding hydrogens is 410 g/mol. The zero-order valence-corrected chi connectivity index (χ0v) is 16.6. The van der Waals surface area contributed by atoms with Crippen molar-refractivity contribution >= 4 is 28.9 Å². The maximum Gasteiger partial charge on any atom is 0.413 e. The Kier molecular flexibility index (Phi) is 5.04. The van der Waals surface area contributed by atoms with Crippen LogP contribution in [-0.2, 0) is 0 Å². The van der Waals surface area contributed by atoms with Gasteiger partial charge < -0.3 is 19.5 Å². The minimum absolute atomic E-state index is 0.0196. The summed E-state index contributed by atoms with van der Waals surface area (Å²) in [5.74, 6) is -3.08. The van der Waals surface area contributed by atoms with Gasteiger partial charge in [0.1, 0.15) is 0 Å². The van der Waals surface area contributed by atoms with Crippen LogP contribution in [0.15, 0.2) is 46.9 Å². The van der Waals surface area contributed by atoms with Crippen LogP contribution in [0, 0.1) is 0 Å². The number of fused-ring (bicyclic) bond motifs is 1. The van der Waals surface area contributed by atoms with Crippen molar-refractivity contribution in [1.82, 2.24) is 4.90 Å². The van der Waals surface area contributed by atoms with E-state index in [-0.39, 0.29) is 49.1 Å². The molecule has 0 aliphatic carbocycles. The van der Waals surface area contributed by atoms with Crippen molar-refractivity contribution in [1.29, 1.82) is 0 Å². The van der Waals surface area contributed by atoms with Gasteiger partial charge in [0.25, 0.3) is 11.8 Å². The number of alkyl halides is 2. The van der Waals surface area contributed by atoms with Crippen molar-refractivity contribution in [2.75, 3.05) is 25.0 Å². The fraction of sp³-hybridized carbons (Fsp3) is 0.273. The predicted octanol–water partition coefficient (Wildman–Crippen LogP) is 4.79. The third-order valence-electron chi connectivity index (χ3n) is 5.45. The lowest BCUT2D eigenvalue weighted by molar-refractivity contribution is -0.0494. The number of furan rings is 1. The first kappa shape index (κ1) is 20.6. The first-order valence-corrected chi connectivity index (χ1v) is 9.65. The Morgan fingerprint density at radius 3 is 2.32 bits per heavy atom. The second kappa shape index (κ2) is 7.57. The lowest BCUT2D eigenvalue weighted by Gasteiger charge is -2.31. The first-order valence-electron chi connectivity index (χ1n) is 9.65. The lowest BCUT2D eigenvalue weighted by Crippen LogP contribution is -2.42. The Labute approximate surface area is 176 Å². The number of rotatable bonds is 3. The fourth-order valence-electron chi connectivity index (χ4n) is 3.57. The molecule has 1 aromatic heterocycles. The highest BCUT2D eigenvalue weighted by molar-refractivity contribution is 5.96. The maximum atomic E-state index is 13.3. The zero-order valence-electron chi connectivity index (χ0n) is 16.6. The number of nitrogens with zero attached hydrogens (tertiary/aromatic N) is 2. The number of amides is 2. The van der Waals surface area contributed by atoms with Gasteiger partial charge in [-0.1, -0.05) is 12.1 Å². The van der Waals surface area contributed by atoms with Gasteiger partial charge in [-0.15, -0.1) is 0 Å². The molecule has 31 heavy (non-hydrogen) atoms. The molecule has 0 radical (unpaired) electrons. The minimum atomic E-state index is -2.71. The van der Waals surface area contributed by atoms with Crippen LogP contribution in [0.25, 0.3) is 22.1 Å². The van der Waals surface area contributed by atoms with Gasteiger partial charge in [-0.2, -0.15) is 0 Å². The molecule has 0 atom stereocenters. The van der Waals surface area contributed by atoms with E-state index in [2.05, 4.69) is 0 Å². The number of hydrogen-bond donors (Lipinski definition) is 2. The second-order valence-electron chi connectivity index (χ2n) is 7.57. The van der Waals surface area contributed by atoms with Crippen LogP contribution < -0.4 is 4.90 Å². The van der Waals surface area contributed by atoms with Crippen LogP contribution in [0.1, 0.15) is 23.2 Å². The number of benzene rings is 2. The summed E-state index contributed by atoms with van der Waals surface area (Å²) < 4.78 is 32.1. The van der Waals surface area contributed by atoms with Gasteiger partial charge in [0, 0.05) is 50.0 Å². The molecule has 0 bridgehead atoms. The second-order valence-corrected chi connectivity index (χ2v) is 7.57. The summed E-state index contributed by atoms with van der Waals surface area (Å²) in [6, 6.07) is 11.4. The van der Waals surface area contributed by atoms with E-state index in [0.29, 0.717) is 22.1 Å². The van der Waals surface area contributed by atoms with E-state index in [9.17, 15) is 23.5 Å². The standard InChI is InChI=1S/C22H20F2N2O5/c1-25(21(29)30)18-12-16-10-15(11-17(27)19(16)31-18)13-2-4-14(5-3-13)20(28)26-8-6-22(23,24)7-9-26/h2-5,10-12,27H,6-9H2,1H3,(H,29,30). The van der Waals surface area contributed by atoms with Gasteiger partial charge in [-0.3, -0.25) is 9.69 Å². The summed E-state index contributed by atoms with van der Waals surface area (Å²) in [6.07, 6.45) is -1.86. The van der Waals surface area contributed by atoms with Crippen LogP contribution in [0.5, 0.6) is 5.75 Å². The van der Waals surface area contributed by atoms with Crippen molar-refractivity contribution in [2.24, 2.45) is 0 Å². The molecule has 1 aliphatic heterocycles. The van der Waals surface area contributed by atoms with Crippen molar-refractivity contribution in [3.8, 4) is 16.9 Å². The molecule has 7 nitrogen and oxygen atoms in total. The molecule has 0 spiro atoms. The Morgan fingerprint density at radius 2 is 1.71 bits per heavy atom. The molecule has 2 amide bonds. The number of carbonyl (C=O) groups is 2.